The van der Waals surface area contributed by atoms with Gasteiger partial charge in [-0.3, -0.25) is 9.48 Å². The zero-order valence-electron chi connectivity index (χ0n) is 13.2. The molecule has 0 aromatic carbocycles. The Morgan fingerprint density at radius 1 is 1.33 bits per heavy atom. The number of nitriles is 1. The second-order valence-electron chi connectivity index (χ2n) is 5.66. The Morgan fingerprint density at radius 2 is 2.08 bits per heavy atom. The van der Waals surface area contributed by atoms with Crippen molar-refractivity contribution >= 4 is 5.91 Å². The van der Waals surface area contributed by atoms with Gasteiger partial charge in [0.05, 0.1) is 6.20 Å². The van der Waals surface area contributed by atoms with Gasteiger partial charge in [-0.15, -0.1) is 5.10 Å². The third-order valence-electron chi connectivity index (χ3n) is 3.89. The third kappa shape index (κ3) is 3.65. The number of nitrogens with zero attached hydrogens (tertiary/aromatic N) is 6. The molecule has 0 unspecified atom stereocenters. The monoisotopic (exact) mass is 327 g/mol. The molecule has 0 aliphatic heterocycles. The SMILES string of the molecule is Cn1cc(C(=O)NC2CCC(Oc3nccnc3C#N)CC2)nn1. The van der Waals surface area contributed by atoms with Crippen molar-refractivity contribution in [1.82, 2.24) is 30.3 Å². The second-order valence-corrected chi connectivity index (χ2v) is 5.66. The van der Waals surface area contributed by atoms with E-state index >= 15 is 0 Å². The van der Waals surface area contributed by atoms with Crippen LogP contribution in [-0.4, -0.2) is 43.0 Å². The van der Waals surface area contributed by atoms with Crippen molar-refractivity contribution in [3.05, 3.63) is 30.0 Å². The number of aryl methyl sites for hydroxylation is 1. The highest BCUT2D eigenvalue weighted by Crippen LogP contribution is 2.24. The molecule has 0 spiro atoms. The Balaban J connectivity index is 1.51. The molecule has 1 N–H and O–H groups in total. The maximum absolute atomic E-state index is 12.1. The largest absolute Gasteiger partial charge is 0.472 e. The maximum atomic E-state index is 12.1. The first-order valence-corrected chi connectivity index (χ1v) is 7.70. The quantitative estimate of drug-likeness (QED) is 0.873. The van der Waals surface area contributed by atoms with Crippen LogP contribution in [0.1, 0.15) is 41.9 Å². The van der Waals surface area contributed by atoms with Gasteiger partial charge >= 0.3 is 0 Å². The van der Waals surface area contributed by atoms with E-state index in [1.165, 1.54) is 17.1 Å². The molecular weight excluding hydrogens is 310 g/mol. The molecule has 1 aliphatic rings. The van der Waals surface area contributed by atoms with Crippen LogP contribution >= 0.6 is 0 Å². The van der Waals surface area contributed by atoms with Crippen LogP contribution in [-0.2, 0) is 7.05 Å². The molecule has 0 saturated heterocycles. The number of amides is 1. The highest BCUT2D eigenvalue weighted by Gasteiger charge is 2.25. The number of hydrogen-bond donors (Lipinski definition) is 1. The summed E-state index contributed by atoms with van der Waals surface area (Å²) in [5, 5.41) is 19.5. The van der Waals surface area contributed by atoms with E-state index in [0.717, 1.165) is 25.7 Å². The van der Waals surface area contributed by atoms with Crippen molar-refractivity contribution in [1.29, 1.82) is 5.26 Å². The van der Waals surface area contributed by atoms with E-state index in [4.69, 9.17) is 10.00 Å². The molecule has 1 amide bonds. The summed E-state index contributed by atoms with van der Waals surface area (Å²) in [4.78, 5) is 20.1. The van der Waals surface area contributed by atoms with Crippen LogP contribution < -0.4 is 10.1 Å². The molecule has 9 heteroatoms. The highest BCUT2D eigenvalue weighted by molar-refractivity contribution is 5.92. The minimum atomic E-state index is -0.215. The zero-order chi connectivity index (χ0) is 16.9. The normalized spacial score (nSPS) is 20.2. The molecule has 3 rings (SSSR count). The first kappa shape index (κ1) is 15.9. The van der Waals surface area contributed by atoms with Crippen LogP contribution in [0.2, 0.25) is 0 Å². The average molecular weight is 327 g/mol. The van der Waals surface area contributed by atoms with E-state index < -0.39 is 0 Å². The second kappa shape index (κ2) is 7.04. The average Bonchev–Trinajstić information content (AvgIpc) is 3.04. The van der Waals surface area contributed by atoms with Crippen LogP contribution in [0.5, 0.6) is 5.88 Å². The predicted octanol–water partition coefficient (Wildman–Crippen LogP) is 0.597. The molecule has 2 aromatic rings. The lowest BCUT2D eigenvalue weighted by Crippen LogP contribution is -2.40. The van der Waals surface area contributed by atoms with Crippen LogP contribution in [0.3, 0.4) is 0 Å². The Labute approximate surface area is 138 Å². The molecule has 1 saturated carbocycles. The van der Waals surface area contributed by atoms with E-state index in [2.05, 4.69) is 25.6 Å². The lowest BCUT2D eigenvalue weighted by atomic mass is 9.93. The fraction of sp³-hybridized carbons (Fsp3) is 0.467. The van der Waals surface area contributed by atoms with Gasteiger partial charge in [-0.25, -0.2) is 9.97 Å². The van der Waals surface area contributed by atoms with Crippen molar-refractivity contribution in [3.63, 3.8) is 0 Å². The minimum Gasteiger partial charge on any atom is -0.472 e. The number of nitrogens with one attached hydrogen (secondary N) is 1. The maximum Gasteiger partial charge on any atom is 0.273 e. The van der Waals surface area contributed by atoms with E-state index in [9.17, 15) is 4.79 Å². The first-order chi connectivity index (χ1) is 11.7. The summed E-state index contributed by atoms with van der Waals surface area (Å²) in [5.74, 6) is 0.0557. The summed E-state index contributed by atoms with van der Waals surface area (Å²) in [6.45, 7) is 0. The smallest absolute Gasteiger partial charge is 0.273 e. The fourth-order valence-corrected chi connectivity index (χ4v) is 2.68. The van der Waals surface area contributed by atoms with E-state index in [1.807, 2.05) is 6.07 Å². The molecule has 24 heavy (non-hydrogen) atoms. The van der Waals surface area contributed by atoms with Gasteiger partial charge in [0.15, 0.2) is 5.69 Å². The summed E-state index contributed by atoms with van der Waals surface area (Å²) >= 11 is 0. The summed E-state index contributed by atoms with van der Waals surface area (Å²) in [7, 11) is 1.72. The Morgan fingerprint density at radius 3 is 2.75 bits per heavy atom. The van der Waals surface area contributed by atoms with Crippen molar-refractivity contribution < 1.29 is 9.53 Å². The van der Waals surface area contributed by atoms with E-state index in [-0.39, 0.29) is 29.6 Å². The molecule has 0 bridgehead atoms. The van der Waals surface area contributed by atoms with Crippen molar-refractivity contribution in [3.8, 4) is 11.9 Å². The van der Waals surface area contributed by atoms with Gasteiger partial charge in [0.2, 0.25) is 5.69 Å². The van der Waals surface area contributed by atoms with Crippen molar-refractivity contribution in [2.75, 3.05) is 0 Å². The molecule has 9 nitrogen and oxygen atoms in total. The Kier molecular flexibility index (Phi) is 4.65. The van der Waals surface area contributed by atoms with Gasteiger partial charge in [0.1, 0.15) is 12.2 Å². The van der Waals surface area contributed by atoms with Crippen LogP contribution in [0.25, 0.3) is 0 Å². The van der Waals surface area contributed by atoms with Crippen LogP contribution in [0.15, 0.2) is 18.6 Å². The standard InChI is InChI=1S/C15H17N7O2/c1-22-9-13(20-21-22)14(23)19-10-2-4-11(5-3-10)24-15-12(8-16)17-6-7-18-15/h6-7,9-11H,2-5H2,1H3,(H,19,23). The number of hydrogen-bond acceptors (Lipinski definition) is 7. The third-order valence-corrected chi connectivity index (χ3v) is 3.89. The van der Waals surface area contributed by atoms with Gasteiger partial charge in [-0.2, -0.15) is 5.26 Å². The lowest BCUT2D eigenvalue weighted by Gasteiger charge is -2.29. The predicted molar refractivity (Wildman–Crippen MR) is 81.9 cm³/mol. The van der Waals surface area contributed by atoms with Gasteiger partial charge in [-0.05, 0) is 25.7 Å². The summed E-state index contributed by atoms with van der Waals surface area (Å²) in [6, 6.07) is 2.05. The Bertz CT molecular complexity index is 759. The van der Waals surface area contributed by atoms with Gasteiger partial charge in [0, 0.05) is 25.5 Å². The lowest BCUT2D eigenvalue weighted by molar-refractivity contribution is 0.0884. The summed E-state index contributed by atoms with van der Waals surface area (Å²) < 4.78 is 7.28. The van der Waals surface area contributed by atoms with Gasteiger partial charge in [0.25, 0.3) is 11.8 Å². The molecule has 0 atom stereocenters. The zero-order valence-corrected chi connectivity index (χ0v) is 13.2. The fourth-order valence-electron chi connectivity index (χ4n) is 2.68. The van der Waals surface area contributed by atoms with Crippen LogP contribution in [0.4, 0.5) is 0 Å². The van der Waals surface area contributed by atoms with E-state index in [1.54, 1.807) is 13.2 Å². The molecule has 1 aliphatic carbocycles. The first-order valence-electron chi connectivity index (χ1n) is 7.70. The van der Waals surface area contributed by atoms with Crippen LogP contribution in [0, 0.1) is 11.3 Å². The van der Waals surface area contributed by atoms with Crippen molar-refractivity contribution in [2.24, 2.45) is 7.05 Å². The molecule has 124 valence electrons. The molecular formula is C15H17N7O2. The molecule has 1 fully saturated rings. The van der Waals surface area contributed by atoms with Gasteiger partial charge in [-0.1, -0.05) is 5.21 Å². The van der Waals surface area contributed by atoms with Crippen molar-refractivity contribution in [2.45, 2.75) is 37.8 Å². The summed E-state index contributed by atoms with van der Waals surface area (Å²) in [5.41, 5.74) is 0.504. The number of carbonyl (C=O) groups is 1. The Hall–Kier alpha value is -3.02. The molecule has 2 aromatic heterocycles. The number of ether oxygens (including phenoxy) is 1. The molecule has 0 radical (unpaired) electrons. The van der Waals surface area contributed by atoms with Gasteiger partial charge < -0.3 is 10.1 Å². The summed E-state index contributed by atoms with van der Waals surface area (Å²) in [6.07, 6.45) is 7.64. The number of carbonyl (C=O) groups excluding carboxylic acids is 1. The minimum absolute atomic E-state index is 0.0292. The number of aromatic nitrogens is 5. The van der Waals surface area contributed by atoms with E-state index in [0.29, 0.717) is 5.69 Å². The molecule has 2 heterocycles. The topological polar surface area (TPSA) is 119 Å². The number of rotatable bonds is 4. The highest BCUT2D eigenvalue weighted by atomic mass is 16.5.